The van der Waals surface area contributed by atoms with Gasteiger partial charge in [-0.25, -0.2) is 0 Å². The molecule has 5 nitrogen and oxygen atoms in total. The second-order valence-corrected chi connectivity index (χ2v) is 8.26. The summed E-state index contributed by atoms with van der Waals surface area (Å²) in [6.07, 6.45) is 0. The van der Waals surface area contributed by atoms with E-state index in [4.69, 9.17) is 0 Å². The minimum atomic E-state index is -0.221. The maximum Gasteiger partial charge on any atom is 0.269 e. The number of amides is 1. The molecule has 2 N–H and O–H groups in total. The minimum Gasteiger partial charge on any atom is -0.379 e. The van der Waals surface area contributed by atoms with Crippen LogP contribution in [0.3, 0.4) is 0 Å². The van der Waals surface area contributed by atoms with Crippen LogP contribution in [0.5, 0.6) is 0 Å². The summed E-state index contributed by atoms with van der Waals surface area (Å²) in [6.45, 7) is 8.19. The van der Waals surface area contributed by atoms with Crippen molar-refractivity contribution < 1.29 is 4.79 Å². The molecule has 1 atom stereocenters. The fourth-order valence-electron chi connectivity index (χ4n) is 2.74. The fourth-order valence-corrected chi connectivity index (χ4v) is 3.51. The average molecular weight is 381 g/mol. The maximum atomic E-state index is 12.6. The van der Waals surface area contributed by atoms with Crippen LogP contribution in [0.2, 0.25) is 0 Å². The first-order valence-electron chi connectivity index (χ1n) is 8.90. The average Bonchev–Trinajstić information content (AvgIpc) is 3.14. The van der Waals surface area contributed by atoms with Gasteiger partial charge in [-0.15, -0.1) is 5.10 Å². The van der Waals surface area contributed by atoms with Crippen molar-refractivity contribution in [2.45, 2.75) is 39.2 Å². The van der Waals surface area contributed by atoms with Crippen LogP contribution in [0.1, 0.15) is 54.7 Å². The molecule has 0 aliphatic rings. The van der Waals surface area contributed by atoms with Crippen molar-refractivity contribution in [1.82, 2.24) is 9.59 Å². The van der Waals surface area contributed by atoms with Gasteiger partial charge in [-0.2, -0.15) is 0 Å². The van der Waals surface area contributed by atoms with Crippen LogP contribution in [0.15, 0.2) is 54.6 Å². The Morgan fingerprint density at radius 1 is 1.00 bits per heavy atom. The van der Waals surface area contributed by atoms with E-state index >= 15 is 0 Å². The molecule has 0 unspecified atom stereocenters. The van der Waals surface area contributed by atoms with Crippen LogP contribution in [-0.4, -0.2) is 15.5 Å². The maximum absolute atomic E-state index is 12.6. The van der Waals surface area contributed by atoms with Gasteiger partial charge in [0.25, 0.3) is 5.91 Å². The Morgan fingerprint density at radius 3 is 2.26 bits per heavy atom. The number of nitrogens with one attached hydrogen (secondary N) is 2. The van der Waals surface area contributed by atoms with Gasteiger partial charge in [0.15, 0.2) is 0 Å². The van der Waals surface area contributed by atoms with E-state index in [2.05, 4.69) is 39.3 Å². The van der Waals surface area contributed by atoms with Gasteiger partial charge in [0.1, 0.15) is 4.88 Å². The molecule has 1 aromatic heterocycles. The lowest BCUT2D eigenvalue weighted by atomic mass is 9.91. The standard InChI is InChI=1S/C21H24N4OS/c1-14(15-8-6-5-7-9-15)22-16-10-12-17(13-11-16)23-20(26)18-19(21(2,3)4)24-25-27-18/h5-14,22H,1-4H3,(H,23,26)/t14-/m0/s1. The highest BCUT2D eigenvalue weighted by atomic mass is 32.1. The van der Waals surface area contributed by atoms with Gasteiger partial charge in [0.05, 0.1) is 5.69 Å². The van der Waals surface area contributed by atoms with Crippen molar-refractivity contribution in [3.8, 4) is 0 Å². The zero-order chi connectivity index (χ0) is 19.4. The highest BCUT2D eigenvalue weighted by Crippen LogP contribution is 2.27. The lowest BCUT2D eigenvalue weighted by molar-refractivity contribution is 0.102. The normalized spacial score (nSPS) is 12.4. The summed E-state index contributed by atoms with van der Waals surface area (Å²) in [7, 11) is 0. The molecule has 27 heavy (non-hydrogen) atoms. The molecule has 6 heteroatoms. The molecule has 140 valence electrons. The molecule has 1 amide bonds. The van der Waals surface area contributed by atoms with Crippen LogP contribution < -0.4 is 10.6 Å². The van der Waals surface area contributed by atoms with Gasteiger partial charge in [0, 0.05) is 22.8 Å². The summed E-state index contributed by atoms with van der Waals surface area (Å²) < 4.78 is 3.95. The Bertz CT molecular complexity index is 898. The summed E-state index contributed by atoms with van der Waals surface area (Å²) >= 11 is 1.13. The number of rotatable bonds is 5. The van der Waals surface area contributed by atoms with Crippen molar-refractivity contribution in [3.63, 3.8) is 0 Å². The van der Waals surface area contributed by atoms with Gasteiger partial charge >= 0.3 is 0 Å². The smallest absolute Gasteiger partial charge is 0.269 e. The molecule has 0 fully saturated rings. The predicted octanol–water partition coefficient (Wildman–Crippen LogP) is 5.26. The number of hydrogen-bond donors (Lipinski definition) is 2. The van der Waals surface area contributed by atoms with Crippen LogP contribution in [0, 0.1) is 0 Å². The molecule has 0 spiro atoms. The molecule has 3 aromatic rings. The summed E-state index contributed by atoms with van der Waals surface area (Å²) in [4.78, 5) is 13.2. The van der Waals surface area contributed by atoms with Crippen molar-refractivity contribution >= 4 is 28.8 Å². The Labute approximate surface area is 164 Å². The lowest BCUT2D eigenvalue weighted by Gasteiger charge is -2.17. The molecule has 2 aromatic carbocycles. The van der Waals surface area contributed by atoms with Crippen molar-refractivity contribution in [2.24, 2.45) is 0 Å². The molecule has 0 saturated heterocycles. The highest BCUT2D eigenvalue weighted by Gasteiger charge is 2.26. The van der Waals surface area contributed by atoms with Gasteiger partial charge < -0.3 is 10.6 Å². The molecular formula is C21H24N4OS. The number of benzene rings is 2. The van der Waals surface area contributed by atoms with E-state index in [1.165, 1.54) is 5.56 Å². The molecule has 1 heterocycles. The third-order valence-corrected chi connectivity index (χ3v) is 4.95. The van der Waals surface area contributed by atoms with E-state index < -0.39 is 0 Å². The zero-order valence-electron chi connectivity index (χ0n) is 16.0. The van der Waals surface area contributed by atoms with Gasteiger partial charge in [-0.05, 0) is 48.3 Å². The molecule has 0 aliphatic carbocycles. The van der Waals surface area contributed by atoms with Gasteiger partial charge in [-0.3, -0.25) is 4.79 Å². The number of hydrogen-bond acceptors (Lipinski definition) is 5. The van der Waals surface area contributed by atoms with Crippen LogP contribution >= 0.6 is 11.5 Å². The topological polar surface area (TPSA) is 66.9 Å². The first-order chi connectivity index (χ1) is 12.8. The monoisotopic (exact) mass is 380 g/mol. The van der Waals surface area contributed by atoms with E-state index in [0.717, 1.165) is 28.6 Å². The van der Waals surface area contributed by atoms with E-state index in [-0.39, 0.29) is 17.4 Å². The van der Waals surface area contributed by atoms with E-state index in [9.17, 15) is 4.79 Å². The van der Waals surface area contributed by atoms with Crippen molar-refractivity contribution in [1.29, 1.82) is 0 Å². The Kier molecular flexibility index (Phi) is 5.56. The van der Waals surface area contributed by atoms with Gasteiger partial charge in [0.2, 0.25) is 0 Å². The largest absolute Gasteiger partial charge is 0.379 e. The van der Waals surface area contributed by atoms with Crippen molar-refractivity contribution in [2.75, 3.05) is 10.6 Å². The quantitative estimate of drug-likeness (QED) is 0.633. The second kappa shape index (κ2) is 7.88. The molecule has 0 aliphatic heterocycles. The van der Waals surface area contributed by atoms with Gasteiger partial charge in [-0.1, -0.05) is 55.6 Å². The van der Waals surface area contributed by atoms with E-state index in [1.807, 2.05) is 63.2 Å². The number of carbonyl (C=O) groups excluding carboxylic acids is 1. The van der Waals surface area contributed by atoms with Crippen LogP contribution in [0.4, 0.5) is 11.4 Å². The number of aromatic nitrogens is 2. The first-order valence-corrected chi connectivity index (χ1v) is 9.67. The number of anilines is 2. The molecular weight excluding hydrogens is 356 g/mol. The SMILES string of the molecule is C[C@H](Nc1ccc(NC(=O)c2snnc2C(C)(C)C)cc1)c1ccccc1. The van der Waals surface area contributed by atoms with E-state index in [0.29, 0.717) is 4.88 Å². The van der Waals surface area contributed by atoms with Crippen LogP contribution in [-0.2, 0) is 5.41 Å². The molecule has 0 saturated carbocycles. The third-order valence-electron chi connectivity index (χ3n) is 4.23. The van der Waals surface area contributed by atoms with E-state index in [1.54, 1.807) is 0 Å². The number of carbonyl (C=O) groups is 1. The predicted molar refractivity (Wildman–Crippen MR) is 111 cm³/mol. The highest BCUT2D eigenvalue weighted by molar-refractivity contribution is 7.08. The summed E-state index contributed by atoms with van der Waals surface area (Å²) in [5, 5.41) is 10.5. The minimum absolute atomic E-state index is 0.173. The summed E-state index contributed by atoms with van der Waals surface area (Å²) in [6, 6.07) is 18.2. The third kappa shape index (κ3) is 4.71. The van der Waals surface area contributed by atoms with Crippen LogP contribution in [0.25, 0.3) is 0 Å². The molecule has 0 bridgehead atoms. The first kappa shape index (κ1) is 19.0. The Balaban J connectivity index is 1.66. The fraction of sp³-hybridized carbons (Fsp3) is 0.286. The molecule has 3 rings (SSSR count). The molecule has 0 radical (unpaired) electrons. The number of nitrogens with zero attached hydrogens (tertiary/aromatic N) is 2. The second-order valence-electron chi connectivity index (χ2n) is 7.51. The summed E-state index contributed by atoms with van der Waals surface area (Å²) in [5.41, 5.74) is 3.47. The zero-order valence-corrected chi connectivity index (χ0v) is 16.8. The Hall–Kier alpha value is -2.73. The lowest BCUT2D eigenvalue weighted by Crippen LogP contribution is -2.19. The van der Waals surface area contributed by atoms with Crippen molar-refractivity contribution in [3.05, 3.63) is 70.7 Å². The summed E-state index contributed by atoms with van der Waals surface area (Å²) in [5.74, 6) is -0.173. The Morgan fingerprint density at radius 2 is 1.63 bits per heavy atom.